The van der Waals surface area contributed by atoms with Gasteiger partial charge < -0.3 is 15.3 Å². The van der Waals surface area contributed by atoms with Gasteiger partial charge in [0, 0.05) is 0 Å². The lowest BCUT2D eigenvalue weighted by Crippen LogP contribution is -2.51. The van der Waals surface area contributed by atoms with Crippen LogP contribution in [0.2, 0.25) is 0 Å². The number of hydrogen-bond acceptors (Lipinski definition) is 7. The van der Waals surface area contributed by atoms with E-state index in [1.165, 1.54) is 0 Å². The van der Waals surface area contributed by atoms with Gasteiger partial charge in [-0.3, -0.25) is 21.7 Å². The Morgan fingerprint density at radius 3 is 2.58 bits per heavy atom. The highest BCUT2D eigenvalue weighted by Crippen LogP contribution is 1.93. The molecule has 0 rings (SSSR count). The standard InChI is InChI=1S/C8H16N6O5/c1-2-17-6(16)5-19-14(18-4-3-15)8(11)13-12-7(9)10/h3H,2,4-5H2,1H3,(H2,11,13)(H4,9,10,12). The normalized spacial score (nSPS) is 9.32. The Balaban J connectivity index is 4.27. The molecule has 0 aliphatic carbocycles. The Morgan fingerprint density at radius 2 is 2.05 bits per heavy atom. The number of hydrazine groups is 1. The van der Waals surface area contributed by atoms with Crippen molar-refractivity contribution in [3.05, 3.63) is 0 Å². The van der Waals surface area contributed by atoms with Crippen molar-refractivity contribution in [3.8, 4) is 0 Å². The van der Waals surface area contributed by atoms with Crippen LogP contribution < -0.4 is 16.6 Å². The molecule has 11 heteroatoms. The molecule has 108 valence electrons. The van der Waals surface area contributed by atoms with E-state index in [1.807, 2.05) is 0 Å². The number of hydrogen-bond donors (Lipinski definition) is 5. The Morgan fingerprint density at radius 1 is 1.37 bits per heavy atom. The SMILES string of the molecule is CCOC(=O)CON(OCC=O)C(=N)NNC(=N)N. The summed E-state index contributed by atoms with van der Waals surface area (Å²) < 4.78 is 4.60. The van der Waals surface area contributed by atoms with E-state index >= 15 is 0 Å². The second-order valence-electron chi connectivity index (χ2n) is 2.81. The highest BCUT2D eigenvalue weighted by atomic mass is 17.0. The Bertz CT molecular complexity index is 336. The van der Waals surface area contributed by atoms with E-state index in [2.05, 4.69) is 15.6 Å². The molecular formula is C8H16N6O5. The van der Waals surface area contributed by atoms with Gasteiger partial charge in [0.05, 0.1) is 6.61 Å². The summed E-state index contributed by atoms with van der Waals surface area (Å²) in [6, 6.07) is 0. The van der Waals surface area contributed by atoms with Crippen molar-refractivity contribution in [1.29, 1.82) is 10.8 Å². The van der Waals surface area contributed by atoms with E-state index in [1.54, 1.807) is 6.92 Å². The number of rotatable bonds is 7. The van der Waals surface area contributed by atoms with Gasteiger partial charge in [-0.1, -0.05) is 5.23 Å². The number of nitrogens with zero attached hydrogens (tertiary/aromatic N) is 1. The number of aldehydes is 1. The number of nitrogens with one attached hydrogen (secondary N) is 4. The van der Waals surface area contributed by atoms with Crippen LogP contribution in [0, 0.1) is 10.8 Å². The van der Waals surface area contributed by atoms with Gasteiger partial charge in [0.15, 0.2) is 6.61 Å². The van der Waals surface area contributed by atoms with Crippen LogP contribution in [0.1, 0.15) is 6.92 Å². The summed E-state index contributed by atoms with van der Waals surface area (Å²) in [6.07, 6.45) is 0.423. The van der Waals surface area contributed by atoms with Crippen LogP contribution in [0.3, 0.4) is 0 Å². The third-order valence-corrected chi connectivity index (χ3v) is 1.36. The molecule has 6 N–H and O–H groups in total. The van der Waals surface area contributed by atoms with E-state index in [0.29, 0.717) is 11.5 Å². The minimum Gasteiger partial charge on any atom is -0.464 e. The largest absolute Gasteiger partial charge is 0.464 e. The van der Waals surface area contributed by atoms with E-state index in [-0.39, 0.29) is 6.61 Å². The number of guanidine groups is 2. The maximum Gasteiger partial charge on any atom is 0.334 e. The van der Waals surface area contributed by atoms with Crippen LogP contribution in [0.4, 0.5) is 0 Å². The lowest BCUT2D eigenvalue weighted by molar-refractivity contribution is -0.312. The van der Waals surface area contributed by atoms with Crippen LogP contribution in [0.25, 0.3) is 0 Å². The average molecular weight is 276 g/mol. The molecule has 0 aliphatic rings. The monoisotopic (exact) mass is 276 g/mol. The molecule has 0 fully saturated rings. The second-order valence-corrected chi connectivity index (χ2v) is 2.81. The third kappa shape index (κ3) is 8.34. The zero-order valence-electron chi connectivity index (χ0n) is 10.3. The molecule has 0 amide bonds. The Kier molecular flexibility index (Phi) is 8.40. The van der Waals surface area contributed by atoms with Crippen LogP contribution in [-0.2, 0) is 24.0 Å². The van der Waals surface area contributed by atoms with Crippen molar-refractivity contribution < 1.29 is 24.0 Å². The Labute approximate surface area is 108 Å². The van der Waals surface area contributed by atoms with E-state index in [0.717, 1.165) is 0 Å². The van der Waals surface area contributed by atoms with Crippen LogP contribution in [-0.4, -0.2) is 49.2 Å². The first-order chi connectivity index (χ1) is 9.01. The lowest BCUT2D eigenvalue weighted by Gasteiger charge is -2.21. The molecule has 0 saturated heterocycles. The summed E-state index contributed by atoms with van der Waals surface area (Å²) in [6.45, 7) is 0.891. The molecular weight excluding hydrogens is 260 g/mol. The number of carbonyl (C=O) groups excluding carboxylic acids is 2. The number of ether oxygens (including phenoxy) is 1. The van der Waals surface area contributed by atoms with Crippen molar-refractivity contribution in [2.75, 3.05) is 19.8 Å². The zero-order valence-corrected chi connectivity index (χ0v) is 10.3. The van der Waals surface area contributed by atoms with Gasteiger partial charge in [0.25, 0.3) is 5.96 Å². The van der Waals surface area contributed by atoms with Gasteiger partial charge in [-0.25, -0.2) is 14.5 Å². The topological polar surface area (TPSA) is 163 Å². The van der Waals surface area contributed by atoms with Crippen LogP contribution >= 0.6 is 0 Å². The summed E-state index contributed by atoms with van der Waals surface area (Å²) in [5.41, 5.74) is 9.22. The molecule has 0 heterocycles. The predicted molar refractivity (Wildman–Crippen MR) is 62.4 cm³/mol. The Hall–Kier alpha value is -2.40. The summed E-state index contributed by atoms with van der Waals surface area (Å²) >= 11 is 0. The quantitative estimate of drug-likeness (QED) is 0.114. The average Bonchev–Trinajstić information content (AvgIpc) is 2.36. The third-order valence-electron chi connectivity index (χ3n) is 1.36. The molecule has 0 aliphatic heterocycles. The number of nitrogens with two attached hydrogens (primary N) is 1. The second kappa shape index (κ2) is 9.61. The first kappa shape index (κ1) is 16.6. The fraction of sp³-hybridized carbons (Fsp3) is 0.500. The molecule has 0 aromatic carbocycles. The fourth-order valence-corrected chi connectivity index (χ4v) is 0.751. The molecule has 0 unspecified atom stereocenters. The fourth-order valence-electron chi connectivity index (χ4n) is 0.751. The number of carbonyl (C=O) groups is 2. The van der Waals surface area contributed by atoms with Crippen molar-refractivity contribution in [3.63, 3.8) is 0 Å². The molecule has 19 heavy (non-hydrogen) atoms. The minimum absolute atomic E-state index is 0.180. The molecule has 0 aromatic rings. The van der Waals surface area contributed by atoms with Crippen LogP contribution in [0.5, 0.6) is 0 Å². The van der Waals surface area contributed by atoms with Gasteiger partial charge in [0.2, 0.25) is 5.96 Å². The summed E-state index contributed by atoms with van der Waals surface area (Å²) in [5, 5.41) is 14.8. The molecule has 0 radical (unpaired) electrons. The number of hydroxylamine groups is 2. The molecule has 0 saturated carbocycles. The zero-order chi connectivity index (χ0) is 14.7. The van der Waals surface area contributed by atoms with Crippen molar-refractivity contribution in [1.82, 2.24) is 16.1 Å². The highest BCUT2D eigenvalue weighted by Gasteiger charge is 2.14. The summed E-state index contributed by atoms with van der Waals surface area (Å²) in [4.78, 5) is 30.7. The van der Waals surface area contributed by atoms with Gasteiger partial charge in [0.1, 0.15) is 12.9 Å². The smallest absolute Gasteiger partial charge is 0.334 e. The van der Waals surface area contributed by atoms with E-state index < -0.39 is 31.1 Å². The van der Waals surface area contributed by atoms with Gasteiger partial charge in [-0.15, -0.1) is 0 Å². The maximum absolute atomic E-state index is 11.1. The lowest BCUT2D eigenvalue weighted by atomic mass is 10.7. The minimum atomic E-state index is -0.672. The molecule has 0 atom stereocenters. The molecule has 0 aromatic heterocycles. The van der Waals surface area contributed by atoms with E-state index in [4.69, 9.17) is 26.2 Å². The van der Waals surface area contributed by atoms with Crippen molar-refractivity contribution >= 4 is 24.2 Å². The first-order valence-electron chi connectivity index (χ1n) is 5.11. The number of esters is 1. The van der Waals surface area contributed by atoms with Gasteiger partial charge >= 0.3 is 5.97 Å². The van der Waals surface area contributed by atoms with Crippen molar-refractivity contribution in [2.24, 2.45) is 5.73 Å². The van der Waals surface area contributed by atoms with Crippen molar-refractivity contribution in [2.45, 2.75) is 6.92 Å². The summed E-state index contributed by atoms with van der Waals surface area (Å²) in [7, 11) is 0. The highest BCUT2D eigenvalue weighted by molar-refractivity contribution is 5.80. The summed E-state index contributed by atoms with van der Waals surface area (Å²) in [5.74, 6) is -1.65. The van der Waals surface area contributed by atoms with Gasteiger partial charge in [-0.05, 0) is 6.92 Å². The maximum atomic E-state index is 11.1. The molecule has 0 bridgehead atoms. The molecule has 0 spiro atoms. The van der Waals surface area contributed by atoms with E-state index in [9.17, 15) is 9.59 Å². The predicted octanol–water partition coefficient (Wildman–Crippen LogP) is -2.16. The molecule has 11 nitrogen and oxygen atoms in total. The van der Waals surface area contributed by atoms with Crippen LogP contribution in [0.15, 0.2) is 0 Å². The first-order valence-corrected chi connectivity index (χ1v) is 5.11. The van der Waals surface area contributed by atoms with Gasteiger partial charge in [-0.2, -0.15) is 0 Å².